The Bertz CT molecular complexity index is 1020. The van der Waals surface area contributed by atoms with Crippen molar-refractivity contribution in [3.05, 3.63) is 80.9 Å². The molecule has 7 heteroatoms. The average molecular weight is 532 g/mol. The number of rotatable bonds is 10. The van der Waals surface area contributed by atoms with E-state index in [0.29, 0.717) is 36.1 Å². The van der Waals surface area contributed by atoms with Crippen molar-refractivity contribution >= 4 is 28.8 Å². The van der Waals surface area contributed by atoms with Gasteiger partial charge in [0.15, 0.2) is 23.0 Å². The van der Waals surface area contributed by atoms with Crippen molar-refractivity contribution in [3.63, 3.8) is 0 Å². The van der Waals surface area contributed by atoms with Gasteiger partial charge in [-0.25, -0.2) is 0 Å². The zero-order valence-corrected chi connectivity index (χ0v) is 19.9. The molecule has 0 bridgehead atoms. The number of nitrogens with one attached hydrogen (secondary N) is 1. The van der Waals surface area contributed by atoms with E-state index in [1.165, 1.54) is 3.57 Å². The number of benzene rings is 3. The highest BCUT2D eigenvalue weighted by Gasteiger charge is 2.06. The quantitative estimate of drug-likeness (QED) is 0.226. The zero-order valence-electron chi connectivity index (χ0n) is 17.7. The fourth-order valence-electron chi connectivity index (χ4n) is 2.87. The van der Waals surface area contributed by atoms with Crippen molar-refractivity contribution in [2.75, 3.05) is 21.3 Å². The van der Waals surface area contributed by atoms with Crippen LogP contribution < -0.4 is 24.4 Å². The third kappa shape index (κ3) is 6.52. The third-order valence-corrected chi connectivity index (χ3v) is 5.25. The molecule has 1 N–H and O–H groups in total. The lowest BCUT2D eigenvalue weighted by Crippen LogP contribution is -2.06. The second-order valence-corrected chi connectivity index (χ2v) is 7.85. The van der Waals surface area contributed by atoms with Crippen LogP contribution in [0.5, 0.6) is 23.0 Å². The number of hydrogen-bond donors (Lipinski definition) is 1. The summed E-state index contributed by atoms with van der Waals surface area (Å²) in [5, 5.41) is 4.30. The molecule has 0 heterocycles. The Morgan fingerprint density at radius 3 is 2.13 bits per heavy atom. The molecule has 0 fully saturated rings. The second kappa shape index (κ2) is 11.5. The molecule has 0 aliphatic rings. The van der Waals surface area contributed by atoms with E-state index >= 15 is 0 Å². The topological polar surface area (TPSA) is 61.3 Å². The number of nitrogens with zero attached hydrogens (tertiary/aromatic N) is 1. The van der Waals surface area contributed by atoms with E-state index in [2.05, 4.69) is 57.4 Å². The van der Waals surface area contributed by atoms with Crippen molar-refractivity contribution in [2.24, 2.45) is 5.10 Å². The van der Waals surface area contributed by atoms with Gasteiger partial charge in [-0.2, -0.15) is 5.10 Å². The molecule has 31 heavy (non-hydrogen) atoms. The summed E-state index contributed by atoms with van der Waals surface area (Å²) in [6, 6.07) is 19.7. The Morgan fingerprint density at radius 2 is 1.42 bits per heavy atom. The highest BCUT2D eigenvalue weighted by molar-refractivity contribution is 14.1. The van der Waals surface area contributed by atoms with E-state index in [1.54, 1.807) is 27.5 Å². The van der Waals surface area contributed by atoms with Crippen LogP contribution in [0.2, 0.25) is 0 Å². The fraction of sp³-hybridized carbons (Fsp3) is 0.208. The molecular formula is C24H25IN2O4. The van der Waals surface area contributed by atoms with Gasteiger partial charge in [-0.1, -0.05) is 18.2 Å². The Kier molecular flexibility index (Phi) is 8.40. The summed E-state index contributed by atoms with van der Waals surface area (Å²) < 4.78 is 23.2. The van der Waals surface area contributed by atoms with Gasteiger partial charge in [0.1, 0.15) is 6.61 Å². The van der Waals surface area contributed by atoms with Gasteiger partial charge in [0.25, 0.3) is 0 Å². The highest BCUT2D eigenvalue weighted by Crippen LogP contribution is 2.29. The summed E-state index contributed by atoms with van der Waals surface area (Å²) in [5.41, 5.74) is 6.08. The number of halogens is 1. The van der Waals surface area contributed by atoms with Crippen molar-refractivity contribution in [2.45, 2.75) is 13.2 Å². The number of ether oxygens (including phenoxy) is 4. The van der Waals surface area contributed by atoms with E-state index in [9.17, 15) is 0 Å². The molecule has 6 nitrogen and oxygen atoms in total. The van der Waals surface area contributed by atoms with Gasteiger partial charge in [0, 0.05) is 3.57 Å². The summed E-state index contributed by atoms with van der Waals surface area (Å²) in [6.07, 6.45) is 1.74. The molecule has 0 aliphatic carbocycles. The van der Waals surface area contributed by atoms with Crippen LogP contribution in [0.4, 0.5) is 0 Å². The van der Waals surface area contributed by atoms with Crippen molar-refractivity contribution in [1.29, 1.82) is 0 Å². The smallest absolute Gasteiger partial charge is 0.161 e. The number of hydrogen-bond acceptors (Lipinski definition) is 6. The maximum atomic E-state index is 5.92. The average Bonchev–Trinajstić information content (AvgIpc) is 2.81. The van der Waals surface area contributed by atoms with Crippen LogP contribution in [0.1, 0.15) is 16.7 Å². The van der Waals surface area contributed by atoms with Gasteiger partial charge < -0.3 is 24.4 Å². The van der Waals surface area contributed by atoms with Crippen LogP contribution in [0.15, 0.2) is 65.8 Å². The van der Waals surface area contributed by atoms with Gasteiger partial charge in [-0.3, -0.25) is 0 Å². The van der Waals surface area contributed by atoms with E-state index in [-0.39, 0.29) is 0 Å². The molecule has 0 amide bonds. The van der Waals surface area contributed by atoms with Crippen LogP contribution in [0.3, 0.4) is 0 Å². The van der Waals surface area contributed by atoms with Gasteiger partial charge in [-0.05, 0) is 81.7 Å². The maximum absolute atomic E-state index is 5.92. The monoisotopic (exact) mass is 532 g/mol. The predicted octanol–water partition coefficient (Wildman–Crippen LogP) is 5.02. The minimum Gasteiger partial charge on any atom is -0.493 e. The lowest BCUT2D eigenvalue weighted by atomic mass is 10.2. The molecule has 0 radical (unpaired) electrons. The summed E-state index contributed by atoms with van der Waals surface area (Å²) in [6.45, 7) is 1.04. The molecule has 0 spiro atoms. The van der Waals surface area contributed by atoms with E-state index in [4.69, 9.17) is 18.9 Å². The summed E-state index contributed by atoms with van der Waals surface area (Å²) in [4.78, 5) is 0. The van der Waals surface area contributed by atoms with Crippen LogP contribution in [0, 0.1) is 3.57 Å². The first-order chi connectivity index (χ1) is 15.1. The molecule has 0 saturated carbocycles. The Hall–Kier alpha value is -2.94. The minimum absolute atomic E-state index is 0.480. The Balaban J connectivity index is 1.57. The lowest BCUT2D eigenvalue weighted by molar-refractivity contribution is 0.284. The lowest BCUT2D eigenvalue weighted by Gasteiger charge is -2.11. The molecule has 0 atom stereocenters. The maximum Gasteiger partial charge on any atom is 0.161 e. The van der Waals surface area contributed by atoms with E-state index in [0.717, 1.165) is 16.7 Å². The second-order valence-electron chi connectivity index (χ2n) is 6.61. The summed E-state index contributed by atoms with van der Waals surface area (Å²) >= 11 is 2.29. The molecule has 0 aromatic heterocycles. The van der Waals surface area contributed by atoms with E-state index in [1.807, 2.05) is 36.4 Å². The molecule has 0 aliphatic heterocycles. The SMILES string of the molecule is COc1ccc(CN/N=C\c2ccc(OCc3ccc(I)cc3)c(OC)c2)cc1OC. The first kappa shape index (κ1) is 22.7. The molecular weight excluding hydrogens is 507 g/mol. The first-order valence-electron chi connectivity index (χ1n) is 9.65. The van der Waals surface area contributed by atoms with Gasteiger partial charge in [0.05, 0.1) is 34.1 Å². The van der Waals surface area contributed by atoms with E-state index < -0.39 is 0 Å². The van der Waals surface area contributed by atoms with Gasteiger partial charge in [0.2, 0.25) is 0 Å². The van der Waals surface area contributed by atoms with Crippen LogP contribution >= 0.6 is 22.6 Å². The predicted molar refractivity (Wildman–Crippen MR) is 130 cm³/mol. The molecule has 0 saturated heterocycles. The first-order valence-corrected chi connectivity index (χ1v) is 10.7. The minimum atomic E-state index is 0.480. The largest absolute Gasteiger partial charge is 0.493 e. The standard InChI is InChI=1S/C24H25IN2O4/c1-28-21-10-6-18(12-23(21)29-2)14-26-27-15-19-7-11-22(24(13-19)30-3)31-16-17-4-8-20(25)9-5-17/h4-13,15,26H,14,16H2,1-3H3/b27-15-. The third-order valence-electron chi connectivity index (χ3n) is 4.53. The number of hydrazone groups is 1. The fourth-order valence-corrected chi connectivity index (χ4v) is 3.23. The van der Waals surface area contributed by atoms with Crippen LogP contribution in [-0.4, -0.2) is 27.5 Å². The van der Waals surface area contributed by atoms with Gasteiger partial charge >= 0.3 is 0 Å². The van der Waals surface area contributed by atoms with Crippen LogP contribution in [0.25, 0.3) is 0 Å². The zero-order chi connectivity index (χ0) is 22.1. The normalized spacial score (nSPS) is 10.7. The van der Waals surface area contributed by atoms with Gasteiger partial charge in [-0.15, -0.1) is 0 Å². The molecule has 3 aromatic rings. The highest BCUT2D eigenvalue weighted by atomic mass is 127. The summed E-state index contributed by atoms with van der Waals surface area (Å²) in [5.74, 6) is 2.74. The summed E-state index contributed by atoms with van der Waals surface area (Å²) in [7, 11) is 4.87. The van der Waals surface area contributed by atoms with Crippen LogP contribution in [-0.2, 0) is 13.2 Å². The van der Waals surface area contributed by atoms with Crippen molar-refractivity contribution < 1.29 is 18.9 Å². The molecule has 162 valence electrons. The Labute approximate surface area is 196 Å². The van der Waals surface area contributed by atoms with Crippen molar-refractivity contribution in [3.8, 4) is 23.0 Å². The molecule has 3 aromatic carbocycles. The number of methoxy groups -OCH3 is 3. The van der Waals surface area contributed by atoms with Crippen molar-refractivity contribution in [1.82, 2.24) is 5.43 Å². The molecule has 0 unspecified atom stereocenters. The Morgan fingerprint density at radius 1 is 0.774 bits per heavy atom. The molecule has 3 rings (SSSR count).